The second-order valence-electron chi connectivity index (χ2n) is 5.45. The third-order valence-corrected chi connectivity index (χ3v) is 3.70. The van der Waals surface area contributed by atoms with Crippen LogP contribution in [0.15, 0.2) is 29.5 Å². The van der Waals surface area contributed by atoms with Crippen LogP contribution in [-0.2, 0) is 25.7 Å². The number of nitrogens with one attached hydrogen (secondary N) is 2. The first kappa shape index (κ1) is 19.7. The molecule has 0 saturated heterocycles. The van der Waals surface area contributed by atoms with Crippen LogP contribution in [0.3, 0.4) is 0 Å². The van der Waals surface area contributed by atoms with Crippen LogP contribution in [-0.4, -0.2) is 34.3 Å². The lowest BCUT2D eigenvalue weighted by Gasteiger charge is -2.16. The fraction of sp³-hybridized carbons (Fsp3) is 0.438. The quantitative estimate of drug-likeness (QED) is 0.464. The topological polar surface area (TPSA) is 67.1 Å². The smallest absolute Gasteiger partial charge is 0.355 e. The SMILES string of the molecule is CCc1nncn1CCNC(=NC)NCc1ccc(F)cc1C(F)(F)F. The third-order valence-electron chi connectivity index (χ3n) is 3.70. The monoisotopic (exact) mass is 372 g/mol. The van der Waals surface area contributed by atoms with Crippen LogP contribution in [0.25, 0.3) is 0 Å². The zero-order valence-electron chi connectivity index (χ0n) is 14.4. The van der Waals surface area contributed by atoms with Crippen molar-refractivity contribution in [2.75, 3.05) is 13.6 Å². The molecule has 2 rings (SSSR count). The summed E-state index contributed by atoms with van der Waals surface area (Å²) in [6.07, 6.45) is -2.26. The summed E-state index contributed by atoms with van der Waals surface area (Å²) in [5.74, 6) is 0.258. The van der Waals surface area contributed by atoms with E-state index in [4.69, 9.17) is 0 Å². The standard InChI is InChI=1S/C16H20F4N6/c1-3-14-25-24-10-26(14)7-6-22-15(21-2)23-9-11-4-5-12(17)8-13(11)16(18,19)20/h4-5,8,10H,3,6-7,9H2,1-2H3,(H2,21,22,23). The molecular formula is C16H20F4N6. The van der Waals surface area contributed by atoms with Gasteiger partial charge in [0.2, 0.25) is 0 Å². The normalized spacial score (nSPS) is 12.3. The minimum absolute atomic E-state index is 0.0612. The molecular weight excluding hydrogens is 352 g/mol. The summed E-state index contributed by atoms with van der Waals surface area (Å²) in [4.78, 5) is 3.97. The predicted molar refractivity (Wildman–Crippen MR) is 89.0 cm³/mol. The third kappa shape index (κ3) is 5.17. The molecule has 0 unspecified atom stereocenters. The Labute approximate surface area is 148 Å². The van der Waals surface area contributed by atoms with Gasteiger partial charge in [0.15, 0.2) is 5.96 Å². The van der Waals surface area contributed by atoms with Crippen LogP contribution in [0.5, 0.6) is 0 Å². The van der Waals surface area contributed by atoms with Crippen molar-refractivity contribution in [2.24, 2.45) is 4.99 Å². The van der Waals surface area contributed by atoms with E-state index in [2.05, 4.69) is 25.8 Å². The molecule has 0 aliphatic heterocycles. The number of alkyl halides is 3. The fourth-order valence-corrected chi connectivity index (χ4v) is 2.40. The average molecular weight is 372 g/mol. The van der Waals surface area contributed by atoms with Gasteiger partial charge in [-0.1, -0.05) is 13.0 Å². The zero-order valence-corrected chi connectivity index (χ0v) is 14.4. The highest BCUT2D eigenvalue weighted by atomic mass is 19.4. The predicted octanol–water partition coefficient (Wildman–Crippen LogP) is 2.36. The van der Waals surface area contributed by atoms with Gasteiger partial charge in [0.25, 0.3) is 0 Å². The number of aromatic nitrogens is 3. The summed E-state index contributed by atoms with van der Waals surface area (Å²) in [5, 5.41) is 13.6. The molecule has 2 aromatic rings. The minimum atomic E-state index is -4.62. The van der Waals surface area contributed by atoms with Gasteiger partial charge in [0.1, 0.15) is 18.0 Å². The van der Waals surface area contributed by atoms with Crippen molar-refractivity contribution in [1.29, 1.82) is 0 Å². The van der Waals surface area contributed by atoms with Crippen LogP contribution < -0.4 is 10.6 Å². The Hall–Kier alpha value is -2.65. The Morgan fingerprint density at radius 2 is 2.04 bits per heavy atom. The number of aryl methyl sites for hydroxylation is 1. The second kappa shape index (κ2) is 8.63. The minimum Gasteiger partial charge on any atom is -0.355 e. The highest BCUT2D eigenvalue weighted by Crippen LogP contribution is 2.32. The van der Waals surface area contributed by atoms with Crippen molar-refractivity contribution in [3.8, 4) is 0 Å². The van der Waals surface area contributed by atoms with Gasteiger partial charge >= 0.3 is 6.18 Å². The highest BCUT2D eigenvalue weighted by Gasteiger charge is 2.33. The van der Waals surface area contributed by atoms with Gasteiger partial charge in [-0.2, -0.15) is 13.2 Å². The molecule has 0 bridgehead atoms. The molecule has 26 heavy (non-hydrogen) atoms. The molecule has 142 valence electrons. The van der Waals surface area contributed by atoms with Gasteiger partial charge < -0.3 is 15.2 Å². The lowest BCUT2D eigenvalue weighted by Crippen LogP contribution is -2.38. The van der Waals surface area contributed by atoms with E-state index in [-0.39, 0.29) is 12.1 Å². The maximum absolute atomic E-state index is 13.1. The lowest BCUT2D eigenvalue weighted by molar-refractivity contribution is -0.138. The maximum atomic E-state index is 13.1. The molecule has 0 aliphatic carbocycles. The highest BCUT2D eigenvalue weighted by molar-refractivity contribution is 5.79. The van der Waals surface area contributed by atoms with Crippen LogP contribution >= 0.6 is 0 Å². The molecule has 0 fully saturated rings. The summed E-state index contributed by atoms with van der Waals surface area (Å²) in [6, 6.07) is 2.61. The van der Waals surface area contributed by atoms with Crippen molar-refractivity contribution in [3.05, 3.63) is 47.3 Å². The van der Waals surface area contributed by atoms with Crippen molar-refractivity contribution in [1.82, 2.24) is 25.4 Å². The number of guanidine groups is 1. The second-order valence-corrected chi connectivity index (χ2v) is 5.45. The molecule has 0 atom stereocenters. The molecule has 0 spiro atoms. The molecule has 1 heterocycles. The van der Waals surface area contributed by atoms with Crippen molar-refractivity contribution in [2.45, 2.75) is 32.6 Å². The molecule has 10 heteroatoms. The fourth-order valence-electron chi connectivity index (χ4n) is 2.40. The molecule has 0 saturated carbocycles. The largest absolute Gasteiger partial charge is 0.416 e. The number of nitrogens with zero attached hydrogens (tertiary/aromatic N) is 4. The number of hydrogen-bond donors (Lipinski definition) is 2. The molecule has 1 aromatic heterocycles. The van der Waals surface area contributed by atoms with Crippen LogP contribution in [0.4, 0.5) is 17.6 Å². The Morgan fingerprint density at radius 1 is 1.27 bits per heavy atom. The first-order chi connectivity index (χ1) is 12.3. The Morgan fingerprint density at radius 3 is 2.69 bits per heavy atom. The summed E-state index contributed by atoms with van der Waals surface area (Å²) >= 11 is 0. The van der Waals surface area contributed by atoms with E-state index in [1.54, 1.807) is 6.33 Å². The van der Waals surface area contributed by atoms with Crippen molar-refractivity contribution >= 4 is 5.96 Å². The molecule has 1 aromatic carbocycles. The van der Waals surface area contributed by atoms with Gasteiger partial charge in [0, 0.05) is 33.1 Å². The lowest BCUT2D eigenvalue weighted by atomic mass is 10.1. The Balaban J connectivity index is 1.93. The summed E-state index contributed by atoms with van der Waals surface area (Å²) in [6.45, 7) is 2.90. The maximum Gasteiger partial charge on any atom is 0.416 e. The molecule has 0 aliphatic rings. The van der Waals surface area contributed by atoms with E-state index in [0.717, 1.165) is 24.4 Å². The number of benzene rings is 1. The van der Waals surface area contributed by atoms with E-state index in [1.165, 1.54) is 7.05 Å². The summed E-state index contributed by atoms with van der Waals surface area (Å²) < 4.78 is 54.0. The van der Waals surface area contributed by atoms with Gasteiger partial charge in [-0.25, -0.2) is 4.39 Å². The van der Waals surface area contributed by atoms with Crippen LogP contribution in [0, 0.1) is 5.82 Å². The van der Waals surface area contributed by atoms with Crippen molar-refractivity contribution in [3.63, 3.8) is 0 Å². The van der Waals surface area contributed by atoms with Crippen LogP contribution in [0.1, 0.15) is 23.9 Å². The van der Waals surface area contributed by atoms with Gasteiger partial charge in [-0.05, 0) is 17.7 Å². The average Bonchev–Trinajstić information content (AvgIpc) is 3.05. The summed E-state index contributed by atoms with van der Waals surface area (Å²) in [5.41, 5.74) is -1.06. The Kier molecular flexibility index (Phi) is 6.53. The summed E-state index contributed by atoms with van der Waals surface area (Å²) in [7, 11) is 1.51. The van der Waals surface area contributed by atoms with E-state index < -0.39 is 17.6 Å². The zero-order chi connectivity index (χ0) is 19.2. The van der Waals surface area contributed by atoms with Crippen LogP contribution in [0.2, 0.25) is 0 Å². The van der Waals surface area contributed by atoms with Gasteiger partial charge in [0.05, 0.1) is 5.56 Å². The number of rotatable bonds is 6. The number of halogens is 4. The van der Waals surface area contributed by atoms with E-state index in [9.17, 15) is 17.6 Å². The van der Waals surface area contributed by atoms with E-state index >= 15 is 0 Å². The van der Waals surface area contributed by atoms with E-state index in [1.807, 2.05) is 11.5 Å². The Bertz CT molecular complexity index is 753. The van der Waals surface area contributed by atoms with Gasteiger partial charge in [-0.15, -0.1) is 10.2 Å². The first-order valence-corrected chi connectivity index (χ1v) is 8.02. The number of hydrogen-bond acceptors (Lipinski definition) is 3. The number of aliphatic imine (C=N–C) groups is 1. The van der Waals surface area contributed by atoms with Gasteiger partial charge in [-0.3, -0.25) is 4.99 Å². The van der Waals surface area contributed by atoms with E-state index in [0.29, 0.717) is 25.1 Å². The van der Waals surface area contributed by atoms with Crippen molar-refractivity contribution < 1.29 is 17.6 Å². The molecule has 2 N–H and O–H groups in total. The first-order valence-electron chi connectivity index (χ1n) is 8.02. The molecule has 6 nitrogen and oxygen atoms in total. The molecule has 0 amide bonds. The molecule has 0 radical (unpaired) electrons.